The van der Waals surface area contributed by atoms with Crippen molar-refractivity contribution in [3.05, 3.63) is 72.1 Å². The Hall–Kier alpha value is -3.00. The van der Waals surface area contributed by atoms with Gasteiger partial charge in [0.1, 0.15) is 5.75 Å². The lowest BCUT2D eigenvalue weighted by Crippen LogP contribution is -2.19. The Morgan fingerprint density at radius 2 is 2.00 bits per heavy atom. The van der Waals surface area contributed by atoms with E-state index in [2.05, 4.69) is 26.5 Å². The molecule has 3 aromatic rings. The first-order valence-electron chi connectivity index (χ1n) is 8.19. The zero-order valence-corrected chi connectivity index (χ0v) is 15.3. The molecule has 0 unspecified atom stereocenters. The fraction of sp³-hybridized carbons (Fsp3) is 0.158. The largest absolute Gasteiger partial charge is 0.433 e. The average Bonchev–Trinajstić information content (AvgIpc) is 3.03. The number of aromatic nitrogens is 2. The van der Waals surface area contributed by atoms with Crippen LogP contribution in [0.25, 0.3) is 0 Å². The van der Waals surface area contributed by atoms with E-state index in [1.54, 1.807) is 29.1 Å². The number of ether oxygens (including phenoxy) is 1. The van der Waals surface area contributed by atoms with Gasteiger partial charge in [-0.15, -0.1) is 0 Å². The van der Waals surface area contributed by atoms with Crippen LogP contribution in [-0.4, -0.2) is 21.5 Å². The molecule has 0 aliphatic rings. The van der Waals surface area contributed by atoms with Gasteiger partial charge in [-0.25, -0.2) is 0 Å². The fourth-order valence-corrected chi connectivity index (χ4v) is 2.79. The molecule has 0 bridgehead atoms. The summed E-state index contributed by atoms with van der Waals surface area (Å²) >= 11 is 5.25. The predicted molar refractivity (Wildman–Crippen MR) is 105 cm³/mol. The van der Waals surface area contributed by atoms with Gasteiger partial charge in [0.25, 0.3) is 0 Å². The zero-order chi connectivity index (χ0) is 19.2. The minimum Gasteiger partial charge on any atom is -0.433 e. The highest BCUT2D eigenvalue weighted by Gasteiger charge is 2.10. The van der Waals surface area contributed by atoms with Crippen LogP contribution in [0.3, 0.4) is 0 Å². The molecule has 0 amide bonds. The Bertz CT molecular complexity index is 929. The van der Waals surface area contributed by atoms with Crippen molar-refractivity contribution >= 4 is 28.7 Å². The lowest BCUT2D eigenvalue weighted by atomic mass is 10.1. The first-order valence-corrected chi connectivity index (χ1v) is 8.60. The number of halogens is 2. The molecule has 1 heterocycles. The molecule has 8 heteroatoms. The van der Waals surface area contributed by atoms with Crippen LogP contribution in [0, 0.1) is 6.92 Å². The number of benzene rings is 2. The molecule has 2 aromatic carbocycles. The highest BCUT2D eigenvalue weighted by molar-refractivity contribution is 7.80. The molecule has 5 nitrogen and oxygen atoms in total. The Labute approximate surface area is 161 Å². The van der Waals surface area contributed by atoms with Crippen molar-refractivity contribution in [2.75, 3.05) is 10.6 Å². The second-order valence-electron chi connectivity index (χ2n) is 5.87. The molecular weight excluding hydrogens is 370 g/mol. The van der Waals surface area contributed by atoms with Gasteiger partial charge in [0.2, 0.25) is 0 Å². The fourth-order valence-electron chi connectivity index (χ4n) is 2.57. The number of anilines is 2. The van der Waals surface area contributed by atoms with Crippen LogP contribution >= 0.6 is 12.2 Å². The van der Waals surface area contributed by atoms with Gasteiger partial charge in [0, 0.05) is 6.20 Å². The molecule has 140 valence electrons. The lowest BCUT2D eigenvalue weighted by molar-refractivity contribution is -0.0493. The van der Waals surface area contributed by atoms with Crippen LogP contribution in [0.15, 0.2) is 60.9 Å². The third-order valence-electron chi connectivity index (χ3n) is 3.67. The topological polar surface area (TPSA) is 51.1 Å². The molecule has 27 heavy (non-hydrogen) atoms. The van der Waals surface area contributed by atoms with E-state index in [0.717, 1.165) is 5.56 Å². The minimum atomic E-state index is -2.91. The van der Waals surface area contributed by atoms with E-state index >= 15 is 0 Å². The van der Waals surface area contributed by atoms with Gasteiger partial charge in [0.15, 0.2) is 5.11 Å². The quantitative estimate of drug-likeness (QED) is 0.602. The number of thiocarbonyl (C=S) groups is 1. The maximum atomic E-state index is 12.5. The van der Waals surface area contributed by atoms with Gasteiger partial charge < -0.3 is 15.4 Å². The number of hydrogen-bond donors (Lipinski definition) is 2. The summed E-state index contributed by atoms with van der Waals surface area (Å²) in [6.07, 6.45) is 3.46. The van der Waals surface area contributed by atoms with Crippen molar-refractivity contribution in [2.45, 2.75) is 20.1 Å². The number of aryl methyl sites for hydroxylation is 1. The number of nitrogens with one attached hydrogen (secondary N) is 2. The van der Waals surface area contributed by atoms with Crippen LogP contribution in [0.2, 0.25) is 0 Å². The first-order chi connectivity index (χ1) is 13.0. The van der Waals surface area contributed by atoms with E-state index in [1.165, 1.54) is 11.6 Å². The molecule has 2 N–H and O–H groups in total. The van der Waals surface area contributed by atoms with Gasteiger partial charge in [-0.05, 0) is 36.8 Å². The van der Waals surface area contributed by atoms with E-state index in [-0.39, 0.29) is 10.9 Å². The third kappa shape index (κ3) is 5.49. The van der Waals surface area contributed by atoms with Gasteiger partial charge in [-0.1, -0.05) is 42.0 Å². The van der Waals surface area contributed by atoms with Gasteiger partial charge in [0.05, 0.1) is 24.1 Å². The summed E-state index contributed by atoms with van der Waals surface area (Å²) < 4.78 is 31.2. The van der Waals surface area contributed by atoms with E-state index in [4.69, 9.17) is 12.2 Å². The van der Waals surface area contributed by atoms with Crippen molar-refractivity contribution in [3.8, 4) is 5.75 Å². The van der Waals surface area contributed by atoms with Gasteiger partial charge in [-0.2, -0.15) is 13.9 Å². The summed E-state index contributed by atoms with van der Waals surface area (Å²) in [4.78, 5) is 0. The molecule has 0 aliphatic carbocycles. The summed E-state index contributed by atoms with van der Waals surface area (Å²) in [5, 5.41) is 10.4. The van der Waals surface area contributed by atoms with Crippen LogP contribution in [0.1, 0.15) is 11.1 Å². The normalized spacial score (nSPS) is 10.7. The summed E-state index contributed by atoms with van der Waals surface area (Å²) in [6.45, 7) is -0.234. The molecule has 0 atom stereocenters. The Balaban J connectivity index is 1.61. The van der Waals surface area contributed by atoms with Crippen LogP contribution < -0.4 is 15.4 Å². The summed E-state index contributed by atoms with van der Waals surface area (Å²) in [5.41, 5.74) is 3.37. The predicted octanol–water partition coefficient (Wildman–Crippen LogP) is 4.65. The van der Waals surface area contributed by atoms with E-state index in [1.807, 2.05) is 31.3 Å². The highest BCUT2D eigenvalue weighted by atomic mass is 32.1. The second kappa shape index (κ2) is 8.59. The van der Waals surface area contributed by atoms with E-state index in [9.17, 15) is 8.78 Å². The third-order valence-corrected chi connectivity index (χ3v) is 3.87. The highest BCUT2D eigenvalue weighted by Crippen LogP contribution is 2.25. The lowest BCUT2D eigenvalue weighted by Gasteiger charge is -2.13. The van der Waals surface area contributed by atoms with Gasteiger partial charge in [-0.3, -0.25) is 4.68 Å². The second-order valence-corrected chi connectivity index (χ2v) is 6.28. The number of hydrogen-bond acceptors (Lipinski definition) is 3. The number of para-hydroxylation sites is 2. The van der Waals surface area contributed by atoms with Crippen LogP contribution in [0.5, 0.6) is 5.75 Å². The Kier molecular flexibility index (Phi) is 5.97. The monoisotopic (exact) mass is 388 g/mol. The molecule has 0 radical (unpaired) electrons. The van der Waals surface area contributed by atoms with Crippen molar-refractivity contribution in [1.29, 1.82) is 0 Å². The average molecular weight is 388 g/mol. The molecular formula is C19H18F2N4OS. The molecule has 0 saturated heterocycles. The van der Waals surface area contributed by atoms with Crippen LogP contribution in [-0.2, 0) is 6.54 Å². The standard InChI is InChI=1S/C19H18F2N4OS/c1-13-5-4-6-14(9-13)11-25-12-15(10-22-25)23-19(27)24-16-7-2-3-8-17(16)26-18(20)21/h2-10,12,18H,11H2,1H3,(H2,23,24,27). The number of alkyl halides is 2. The Morgan fingerprint density at radius 1 is 1.19 bits per heavy atom. The molecule has 0 spiro atoms. The summed E-state index contributed by atoms with van der Waals surface area (Å²) in [6, 6.07) is 14.5. The molecule has 1 aromatic heterocycles. The van der Waals surface area contributed by atoms with Crippen molar-refractivity contribution in [3.63, 3.8) is 0 Å². The summed E-state index contributed by atoms with van der Waals surface area (Å²) in [7, 11) is 0. The van der Waals surface area contributed by atoms with Gasteiger partial charge >= 0.3 is 6.61 Å². The maximum Gasteiger partial charge on any atom is 0.387 e. The minimum absolute atomic E-state index is 0.0202. The number of rotatable bonds is 6. The SMILES string of the molecule is Cc1cccc(Cn2cc(NC(=S)Nc3ccccc3OC(F)F)cn2)c1. The van der Waals surface area contributed by atoms with Crippen molar-refractivity contribution in [1.82, 2.24) is 9.78 Å². The van der Waals surface area contributed by atoms with E-state index in [0.29, 0.717) is 17.9 Å². The number of nitrogens with zero attached hydrogens (tertiary/aromatic N) is 2. The summed E-state index contributed by atoms with van der Waals surface area (Å²) in [5.74, 6) is 0.0202. The molecule has 3 rings (SSSR count). The molecule has 0 aliphatic heterocycles. The maximum absolute atomic E-state index is 12.5. The van der Waals surface area contributed by atoms with Crippen LogP contribution in [0.4, 0.5) is 20.2 Å². The smallest absolute Gasteiger partial charge is 0.387 e. The Morgan fingerprint density at radius 3 is 2.78 bits per heavy atom. The molecule has 0 fully saturated rings. The van der Waals surface area contributed by atoms with Crippen molar-refractivity contribution < 1.29 is 13.5 Å². The molecule has 0 saturated carbocycles. The van der Waals surface area contributed by atoms with E-state index < -0.39 is 6.61 Å². The first kappa shape index (κ1) is 18.8. The zero-order valence-electron chi connectivity index (χ0n) is 14.5. The van der Waals surface area contributed by atoms with Crippen molar-refractivity contribution in [2.24, 2.45) is 0 Å².